The number of nitrogens with zero attached hydrogens (tertiary/aromatic N) is 3. The molecule has 1 atom stereocenters. The van der Waals surface area contributed by atoms with Gasteiger partial charge in [0.25, 0.3) is 0 Å². The molecule has 1 aliphatic heterocycles. The SMILES string of the molecule is CCNc1nc(C2CSCCN2C)ncc1Br. The Balaban J connectivity index is 2.22. The molecule has 1 unspecified atom stereocenters. The lowest BCUT2D eigenvalue weighted by Crippen LogP contribution is -2.33. The molecule has 17 heavy (non-hydrogen) atoms. The second-order valence-electron chi connectivity index (χ2n) is 4.03. The average Bonchev–Trinajstić information content (AvgIpc) is 2.33. The van der Waals surface area contributed by atoms with Crippen molar-refractivity contribution in [2.24, 2.45) is 0 Å². The highest BCUT2D eigenvalue weighted by Gasteiger charge is 2.24. The van der Waals surface area contributed by atoms with Gasteiger partial charge in [0.15, 0.2) is 0 Å². The maximum Gasteiger partial charge on any atom is 0.148 e. The van der Waals surface area contributed by atoms with E-state index < -0.39 is 0 Å². The summed E-state index contributed by atoms with van der Waals surface area (Å²) in [5.41, 5.74) is 0. The highest BCUT2D eigenvalue weighted by atomic mass is 79.9. The Bertz CT molecular complexity index is 388. The zero-order valence-electron chi connectivity index (χ0n) is 10.1. The summed E-state index contributed by atoms with van der Waals surface area (Å²) in [6, 6.07) is 0.333. The lowest BCUT2D eigenvalue weighted by Gasteiger charge is -2.30. The van der Waals surface area contributed by atoms with Crippen LogP contribution in [0.3, 0.4) is 0 Å². The summed E-state index contributed by atoms with van der Waals surface area (Å²) in [5.74, 6) is 4.08. The summed E-state index contributed by atoms with van der Waals surface area (Å²) in [5, 5.41) is 3.25. The number of aromatic nitrogens is 2. The fourth-order valence-corrected chi connectivity index (χ4v) is 3.33. The second kappa shape index (κ2) is 6.02. The minimum atomic E-state index is 0.333. The third kappa shape index (κ3) is 3.11. The molecule has 94 valence electrons. The number of hydrogen-bond acceptors (Lipinski definition) is 5. The van der Waals surface area contributed by atoms with Gasteiger partial charge in [-0.2, -0.15) is 11.8 Å². The van der Waals surface area contributed by atoms with Gasteiger partial charge in [-0.15, -0.1) is 0 Å². The number of halogens is 1. The quantitative estimate of drug-likeness (QED) is 0.927. The lowest BCUT2D eigenvalue weighted by atomic mass is 10.2. The largest absolute Gasteiger partial charge is 0.369 e. The minimum absolute atomic E-state index is 0.333. The molecule has 6 heteroatoms. The van der Waals surface area contributed by atoms with E-state index in [-0.39, 0.29) is 0 Å². The first-order valence-corrected chi connectivity index (χ1v) is 7.71. The van der Waals surface area contributed by atoms with Gasteiger partial charge in [-0.05, 0) is 29.9 Å². The van der Waals surface area contributed by atoms with E-state index in [9.17, 15) is 0 Å². The van der Waals surface area contributed by atoms with Crippen molar-refractivity contribution in [1.29, 1.82) is 0 Å². The molecule has 1 aliphatic rings. The molecule has 1 N–H and O–H groups in total. The molecular formula is C11H17BrN4S. The Morgan fingerprint density at radius 1 is 1.65 bits per heavy atom. The Kier molecular flexibility index (Phi) is 4.64. The van der Waals surface area contributed by atoms with Gasteiger partial charge in [0.05, 0.1) is 10.5 Å². The second-order valence-corrected chi connectivity index (χ2v) is 6.03. The first kappa shape index (κ1) is 13.1. The van der Waals surface area contributed by atoms with Crippen LogP contribution in [-0.4, -0.2) is 46.5 Å². The molecule has 1 aromatic rings. The van der Waals surface area contributed by atoms with Crippen molar-refractivity contribution >= 4 is 33.5 Å². The van der Waals surface area contributed by atoms with Crippen LogP contribution < -0.4 is 5.32 Å². The molecule has 0 aromatic carbocycles. The molecule has 0 aliphatic carbocycles. The van der Waals surface area contributed by atoms with Gasteiger partial charge in [-0.3, -0.25) is 4.90 Å². The average molecular weight is 317 g/mol. The summed E-state index contributed by atoms with van der Waals surface area (Å²) in [4.78, 5) is 11.4. The zero-order chi connectivity index (χ0) is 12.3. The van der Waals surface area contributed by atoms with Gasteiger partial charge in [0.1, 0.15) is 11.6 Å². The van der Waals surface area contributed by atoms with E-state index in [0.29, 0.717) is 6.04 Å². The first-order valence-electron chi connectivity index (χ1n) is 5.76. The van der Waals surface area contributed by atoms with Crippen LogP contribution in [0.5, 0.6) is 0 Å². The van der Waals surface area contributed by atoms with Gasteiger partial charge in [-0.25, -0.2) is 9.97 Å². The smallest absolute Gasteiger partial charge is 0.148 e. The van der Waals surface area contributed by atoms with Crippen LogP contribution in [0.25, 0.3) is 0 Å². The van der Waals surface area contributed by atoms with E-state index in [4.69, 9.17) is 0 Å². The molecule has 0 amide bonds. The molecule has 4 nitrogen and oxygen atoms in total. The van der Waals surface area contributed by atoms with Crippen LogP contribution in [0.4, 0.5) is 5.82 Å². The summed E-state index contributed by atoms with van der Waals surface area (Å²) < 4.78 is 0.925. The number of rotatable bonds is 3. The van der Waals surface area contributed by atoms with E-state index in [1.54, 1.807) is 0 Å². The molecule has 2 heterocycles. The van der Waals surface area contributed by atoms with E-state index in [2.05, 4.69) is 50.1 Å². The summed E-state index contributed by atoms with van der Waals surface area (Å²) in [6.07, 6.45) is 1.84. The van der Waals surface area contributed by atoms with E-state index >= 15 is 0 Å². The highest BCUT2D eigenvalue weighted by Crippen LogP contribution is 2.28. The predicted octanol–water partition coefficient (Wildman–Crippen LogP) is 2.39. The summed E-state index contributed by atoms with van der Waals surface area (Å²) in [7, 11) is 2.14. The van der Waals surface area contributed by atoms with Crippen molar-refractivity contribution in [2.45, 2.75) is 13.0 Å². The summed E-state index contributed by atoms with van der Waals surface area (Å²) in [6.45, 7) is 4.03. The van der Waals surface area contributed by atoms with Crippen molar-refractivity contribution < 1.29 is 0 Å². The van der Waals surface area contributed by atoms with Crippen molar-refractivity contribution in [3.8, 4) is 0 Å². The van der Waals surface area contributed by atoms with E-state index in [1.165, 1.54) is 5.75 Å². The number of thioether (sulfide) groups is 1. The molecule has 0 radical (unpaired) electrons. The maximum absolute atomic E-state index is 4.61. The Morgan fingerprint density at radius 3 is 3.18 bits per heavy atom. The molecule has 0 saturated carbocycles. The Hall–Kier alpha value is -0.330. The Labute approximate surface area is 115 Å². The van der Waals surface area contributed by atoms with Crippen LogP contribution >= 0.6 is 27.7 Å². The topological polar surface area (TPSA) is 41.1 Å². The normalized spacial score (nSPS) is 21.5. The lowest BCUT2D eigenvalue weighted by molar-refractivity contribution is 0.264. The van der Waals surface area contributed by atoms with Crippen LogP contribution in [0.15, 0.2) is 10.7 Å². The molecule has 1 aromatic heterocycles. The third-order valence-electron chi connectivity index (χ3n) is 2.80. The molecular weight excluding hydrogens is 300 g/mol. The minimum Gasteiger partial charge on any atom is -0.369 e. The van der Waals surface area contributed by atoms with Gasteiger partial charge >= 0.3 is 0 Å². The van der Waals surface area contributed by atoms with Gasteiger partial charge in [-0.1, -0.05) is 0 Å². The predicted molar refractivity (Wildman–Crippen MR) is 76.6 cm³/mol. The fraction of sp³-hybridized carbons (Fsp3) is 0.636. The molecule has 1 fully saturated rings. The number of anilines is 1. The van der Waals surface area contributed by atoms with Gasteiger partial charge in [0, 0.05) is 30.8 Å². The first-order chi connectivity index (χ1) is 8.22. The molecule has 2 rings (SSSR count). The number of hydrogen-bond donors (Lipinski definition) is 1. The van der Waals surface area contributed by atoms with Crippen LogP contribution in [0.1, 0.15) is 18.8 Å². The van der Waals surface area contributed by atoms with E-state index in [1.807, 2.05) is 18.0 Å². The van der Waals surface area contributed by atoms with Crippen molar-refractivity contribution in [3.63, 3.8) is 0 Å². The standard InChI is InChI=1S/C11H17BrN4S/c1-3-13-10-8(12)6-14-11(15-10)9-7-17-5-4-16(9)2/h6,9H,3-5,7H2,1-2H3,(H,13,14,15). The third-order valence-corrected chi connectivity index (χ3v) is 4.40. The van der Waals surface area contributed by atoms with E-state index in [0.717, 1.165) is 35.0 Å². The monoisotopic (exact) mass is 316 g/mol. The molecule has 1 saturated heterocycles. The highest BCUT2D eigenvalue weighted by molar-refractivity contribution is 9.10. The Morgan fingerprint density at radius 2 is 2.47 bits per heavy atom. The maximum atomic E-state index is 4.61. The van der Waals surface area contributed by atoms with Crippen molar-refractivity contribution in [3.05, 3.63) is 16.5 Å². The van der Waals surface area contributed by atoms with Gasteiger partial charge < -0.3 is 5.32 Å². The summed E-state index contributed by atoms with van der Waals surface area (Å²) >= 11 is 5.44. The van der Waals surface area contributed by atoms with Crippen molar-refractivity contribution in [2.75, 3.05) is 37.0 Å². The van der Waals surface area contributed by atoms with Crippen LogP contribution in [-0.2, 0) is 0 Å². The zero-order valence-corrected chi connectivity index (χ0v) is 12.5. The molecule has 0 bridgehead atoms. The van der Waals surface area contributed by atoms with Crippen LogP contribution in [0, 0.1) is 0 Å². The molecule has 0 spiro atoms. The van der Waals surface area contributed by atoms with Crippen LogP contribution in [0.2, 0.25) is 0 Å². The fourth-order valence-electron chi connectivity index (χ4n) is 1.79. The van der Waals surface area contributed by atoms with Crippen molar-refractivity contribution in [1.82, 2.24) is 14.9 Å². The van der Waals surface area contributed by atoms with Gasteiger partial charge in [0.2, 0.25) is 0 Å². The number of nitrogens with one attached hydrogen (secondary N) is 1.